The van der Waals surface area contributed by atoms with E-state index in [1.807, 2.05) is 6.92 Å². The van der Waals surface area contributed by atoms with Crippen molar-refractivity contribution in [2.24, 2.45) is 7.05 Å². The number of nitrogens with zero attached hydrogens (tertiary/aromatic N) is 3. The highest BCUT2D eigenvalue weighted by Gasteiger charge is 2.21. The van der Waals surface area contributed by atoms with Gasteiger partial charge in [-0.15, -0.1) is 0 Å². The van der Waals surface area contributed by atoms with E-state index >= 15 is 0 Å². The summed E-state index contributed by atoms with van der Waals surface area (Å²) < 4.78 is 1.54. The third-order valence-corrected chi connectivity index (χ3v) is 1.89. The van der Waals surface area contributed by atoms with Crippen molar-refractivity contribution >= 4 is 5.69 Å². The van der Waals surface area contributed by atoms with Crippen LogP contribution in [0, 0.1) is 17.0 Å². The van der Waals surface area contributed by atoms with Crippen LogP contribution in [0.15, 0.2) is 0 Å². The van der Waals surface area contributed by atoms with Gasteiger partial charge in [0.1, 0.15) is 11.4 Å². The summed E-state index contributed by atoms with van der Waals surface area (Å²) in [6.45, 7) is 3.55. The molecule has 0 aliphatic heterocycles. The molecule has 1 aromatic rings. The minimum Gasteiger partial charge on any atom is -0.265 e. The Morgan fingerprint density at radius 2 is 2.25 bits per heavy atom. The number of rotatable bonds is 2. The van der Waals surface area contributed by atoms with E-state index in [2.05, 4.69) is 5.10 Å². The van der Waals surface area contributed by atoms with Crippen LogP contribution in [-0.4, -0.2) is 14.7 Å². The summed E-state index contributed by atoms with van der Waals surface area (Å²) in [5.74, 6) is 0. The van der Waals surface area contributed by atoms with Crippen LogP contribution in [0.4, 0.5) is 5.69 Å². The molecule has 1 rings (SSSR count). The van der Waals surface area contributed by atoms with Crippen molar-refractivity contribution in [2.75, 3.05) is 0 Å². The molecule has 0 aromatic carbocycles. The fourth-order valence-electron chi connectivity index (χ4n) is 1.14. The fourth-order valence-corrected chi connectivity index (χ4v) is 1.14. The van der Waals surface area contributed by atoms with Crippen molar-refractivity contribution in [3.63, 3.8) is 0 Å². The molecule has 1 heterocycles. The van der Waals surface area contributed by atoms with E-state index in [0.717, 1.165) is 0 Å². The van der Waals surface area contributed by atoms with Gasteiger partial charge in [0, 0.05) is 7.05 Å². The number of aromatic nitrogens is 2. The molecule has 5 heteroatoms. The first-order valence-electron chi connectivity index (χ1n) is 3.74. The molecule has 0 aliphatic rings. The highest BCUT2D eigenvalue weighted by molar-refractivity contribution is 5.40. The summed E-state index contributed by atoms with van der Waals surface area (Å²) in [5, 5.41) is 14.6. The molecule has 12 heavy (non-hydrogen) atoms. The van der Waals surface area contributed by atoms with Gasteiger partial charge in [0.05, 0.1) is 4.92 Å². The maximum absolute atomic E-state index is 10.6. The number of hydrogen-bond acceptors (Lipinski definition) is 3. The minimum absolute atomic E-state index is 0.153. The molecule has 0 amide bonds. The van der Waals surface area contributed by atoms with Crippen LogP contribution in [-0.2, 0) is 13.5 Å². The first-order chi connectivity index (χ1) is 5.57. The third kappa shape index (κ3) is 1.17. The van der Waals surface area contributed by atoms with Crippen LogP contribution in [0.3, 0.4) is 0 Å². The zero-order valence-corrected chi connectivity index (χ0v) is 7.37. The molecule has 0 unspecified atom stereocenters. The van der Waals surface area contributed by atoms with Gasteiger partial charge in [-0.2, -0.15) is 5.10 Å². The average molecular weight is 169 g/mol. The molecule has 0 bridgehead atoms. The molecule has 1 aromatic heterocycles. The number of hydrogen-bond donors (Lipinski definition) is 0. The van der Waals surface area contributed by atoms with Crippen LogP contribution < -0.4 is 0 Å². The summed E-state index contributed by atoms with van der Waals surface area (Å²) in [7, 11) is 1.71. The molecule has 66 valence electrons. The first kappa shape index (κ1) is 8.70. The number of nitro groups is 1. The Kier molecular flexibility index (Phi) is 2.12. The van der Waals surface area contributed by atoms with E-state index in [0.29, 0.717) is 17.8 Å². The third-order valence-electron chi connectivity index (χ3n) is 1.89. The van der Waals surface area contributed by atoms with Gasteiger partial charge in [-0.25, -0.2) is 0 Å². The van der Waals surface area contributed by atoms with E-state index in [1.54, 1.807) is 14.0 Å². The van der Waals surface area contributed by atoms with Gasteiger partial charge in [-0.05, 0) is 13.3 Å². The van der Waals surface area contributed by atoms with Crippen LogP contribution in [0.25, 0.3) is 0 Å². The lowest BCUT2D eigenvalue weighted by molar-refractivity contribution is -0.386. The van der Waals surface area contributed by atoms with Crippen molar-refractivity contribution in [1.29, 1.82) is 0 Å². The standard InChI is InChI=1S/C7H11N3O2/c1-4-6-7(10(11)12)5(2)9(3)8-6/h4H2,1-3H3. The summed E-state index contributed by atoms with van der Waals surface area (Å²) in [5.41, 5.74) is 1.32. The van der Waals surface area contributed by atoms with Crippen molar-refractivity contribution in [1.82, 2.24) is 9.78 Å². The van der Waals surface area contributed by atoms with Gasteiger partial charge in [0.15, 0.2) is 0 Å². The topological polar surface area (TPSA) is 61.0 Å². The molecule has 0 spiro atoms. The van der Waals surface area contributed by atoms with E-state index in [1.165, 1.54) is 4.68 Å². The Labute approximate surface area is 70.2 Å². The van der Waals surface area contributed by atoms with Crippen LogP contribution in [0.1, 0.15) is 18.3 Å². The monoisotopic (exact) mass is 169 g/mol. The smallest absolute Gasteiger partial charge is 0.265 e. The van der Waals surface area contributed by atoms with E-state index < -0.39 is 0 Å². The van der Waals surface area contributed by atoms with Gasteiger partial charge >= 0.3 is 5.69 Å². The van der Waals surface area contributed by atoms with Crippen molar-refractivity contribution < 1.29 is 4.92 Å². The SMILES string of the molecule is CCc1nn(C)c(C)c1[N+](=O)[O-]. The van der Waals surface area contributed by atoms with Crippen LogP contribution in [0.5, 0.6) is 0 Å². The van der Waals surface area contributed by atoms with Gasteiger partial charge in [0.2, 0.25) is 0 Å². The fraction of sp³-hybridized carbons (Fsp3) is 0.571. The van der Waals surface area contributed by atoms with Gasteiger partial charge in [0.25, 0.3) is 0 Å². The molecule has 0 saturated carbocycles. The normalized spacial score (nSPS) is 10.2. The molecular formula is C7H11N3O2. The lowest BCUT2D eigenvalue weighted by atomic mass is 10.2. The molecule has 0 N–H and O–H groups in total. The van der Waals surface area contributed by atoms with Gasteiger partial charge < -0.3 is 0 Å². The Balaban J connectivity index is 3.31. The Morgan fingerprint density at radius 1 is 1.67 bits per heavy atom. The van der Waals surface area contributed by atoms with E-state index in [-0.39, 0.29) is 10.6 Å². The highest BCUT2D eigenvalue weighted by Crippen LogP contribution is 2.21. The van der Waals surface area contributed by atoms with Gasteiger partial charge in [-0.1, -0.05) is 6.92 Å². The zero-order chi connectivity index (χ0) is 9.30. The molecule has 0 aliphatic carbocycles. The molecule has 0 saturated heterocycles. The summed E-state index contributed by atoms with van der Waals surface area (Å²) in [6.07, 6.45) is 0.595. The summed E-state index contributed by atoms with van der Waals surface area (Å²) >= 11 is 0. The van der Waals surface area contributed by atoms with E-state index in [9.17, 15) is 10.1 Å². The van der Waals surface area contributed by atoms with E-state index in [4.69, 9.17) is 0 Å². The quantitative estimate of drug-likeness (QED) is 0.493. The molecule has 0 fully saturated rings. The molecular weight excluding hydrogens is 158 g/mol. The summed E-state index contributed by atoms with van der Waals surface area (Å²) in [4.78, 5) is 10.2. The predicted octanol–water partition coefficient (Wildman–Crippen LogP) is 1.20. The molecule has 0 atom stereocenters. The lowest BCUT2D eigenvalue weighted by Crippen LogP contribution is -1.94. The largest absolute Gasteiger partial charge is 0.313 e. The maximum atomic E-state index is 10.6. The second-order valence-corrected chi connectivity index (χ2v) is 2.61. The van der Waals surface area contributed by atoms with Crippen LogP contribution >= 0.6 is 0 Å². The lowest BCUT2D eigenvalue weighted by Gasteiger charge is -1.90. The second kappa shape index (κ2) is 2.92. The van der Waals surface area contributed by atoms with Crippen molar-refractivity contribution in [2.45, 2.75) is 20.3 Å². The molecule has 0 radical (unpaired) electrons. The Bertz CT molecular complexity index is 317. The maximum Gasteiger partial charge on any atom is 0.313 e. The Hall–Kier alpha value is -1.39. The molecule has 5 nitrogen and oxygen atoms in total. The minimum atomic E-state index is -0.374. The Morgan fingerprint density at radius 3 is 2.58 bits per heavy atom. The summed E-state index contributed by atoms with van der Waals surface area (Å²) in [6, 6.07) is 0. The van der Waals surface area contributed by atoms with Crippen molar-refractivity contribution in [3.8, 4) is 0 Å². The number of aryl methyl sites for hydroxylation is 2. The predicted molar refractivity (Wildman–Crippen MR) is 44.0 cm³/mol. The highest BCUT2D eigenvalue weighted by atomic mass is 16.6. The van der Waals surface area contributed by atoms with Gasteiger partial charge in [-0.3, -0.25) is 14.8 Å². The van der Waals surface area contributed by atoms with Crippen molar-refractivity contribution in [3.05, 3.63) is 21.5 Å². The first-order valence-corrected chi connectivity index (χ1v) is 3.74. The average Bonchev–Trinajstić information content (AvgIpc) is 2.28. The second-order valence-electron chi connectivity index (χ2n) is 2.61. The zero-order valence-electron chi connectivity index (χ0n) is 7.37. The van der Waals surface area contributed by atoms with Crippen LogP contribution in [0.2, 0.25) is 0 Å².